The molecule has 1 unspecified atom stereocenters. The third kappa shape index (κ3) is 3.42. The van der Waals surface area contributed by atoms with Crippen LogP contribution in [0.3, 0.4) is 0 Å². The van der Waals surface area contributed by atoms with Crippen molar-refractivity contribution >= 4 is 5.91 Å². The normalized spacial score (nSPS) is 25.8. The second kappa shape index (κ2) is 7.53. The maximum atomic E-state index is 13.2. The van der Waals surface area contributed by atoms with Crippen LogP contribution >= 0.6 is 0 Å². The van der Waals surface area contributed by atoms with Crippen molar-refractivity contribution in [2.45, 2.75) is 57.2 Å². The van der Waals surface area contributed by atoms with Gasteiger partial charge in [0.05, 0.1) is 18.3 Å². The molecule has 3 atom stereocenters. The summed E-state index contributed by atoms with van der Waals surface area (Å²) >= 11 is 0. The molecule has 0 spiro atoms. The van der Waals surface area contributed by atoms with E-state index in [-0.39, 0.29) is 12.0 Å². The van der Waals surface area contributed by atoms with E-state index >= 15 is 0 Å². The highest BCUT2D eigenvalue weighted by Crippen LogP contribution is 2.38. The Labute approximate surface area is 144 Å². The number of carbonyl (C=O) groups excluding carboxylic acids is 1. The molecule has 2 bridgehead atoms. The van der Waals surface area contributed by atoms with Crippen molar-refractivity contribution in [1.82, 2.24) is 4.90 Å². The smallest absolute Gasteiger partial charge is 0.258 e. The van der Waals surface area contributed by atoms with Crippen molar-refractivity contribution in [2.24, 2.45) is 5.73 Å². The number of nitrogens with zero attached hydrogens (tertiary/aromatic N) is 1. The van der Waals surface area contributed by atoms with Crippen LogP contribution in [0.15, 0.2) is 18.2 Å². The number of ether oxygens (including phenoxy) is 2. The second-order valence-electron chi connectivity index (χ2n) is 6.92. The van der Waals surface area contributed by atoms with Gasteiger partial charge in [0, 0.05) is 19.2 Å². The van der Waals surface area contributed by atoms with Gasteiger partial charge in [-0.15, -0.1) is 0 Å². The Kier molecular flexibility index (Phi) is 5.41. The van der Waals surface area contributed by atoms with Gasteiger partial charge in [0.15, 0.2) is 0 Å². The first kappa shape index (κ1) is 17.2. The monoisotopic (exact) mass is 332 g/mol. The molecular weight excluding hydrogens is 304 g/mol. The molecule has 2 heterocycles. The van der Waals surface area contributed by atoms with Crippen LogP contribution in [0, 0.1) is 6.92 Å². The third-order valence-corrected chi connectivity index (χ3v) is 5.23. The fourth-order valence-corrected chi connectivity index (χ4v) is 3.98. The number of piperidine rings is 1. The van der Waals surface area contributed by atoms with Gasteiger partial charge in [-0.3, -0.25) is 4.79 Å². The quantitative estimate of drug-likeness (QED) is 0.813. The van der Waals surface area contributed by atoms with Gasteiger partial charge in [-0.1, -0.05) is 6.07 Å². The zero-order chi connectivity index (χ0) is 17.1. The van der Waals surface area contributed by atoms with Crippen molar-refractivity contribution in [3.63, 3.8) is 0 Å². The fraction of sp³-hybridized carbons (Fsp3) is 0.632. The Morgan fingerprint density at radius 1 is 1.29 bits per heavy atom. The van der Waals surface area contributed by atoms with Crippen LogP contribution in [-0.4, -0.2) is 49.3 Å². The molecule has 3 rings (SSSR count). The summed E-state index contributed by atoms with van der Waals surface area (Å²) in [5.41, 5.74) is 7.31. The van der Waals surface area contributed by atoms with E-state index < -0.39 is 0 Å². The first-order valence-electron chi connectivity index (χ1n) is 8.93. The Bertz CT molecular complexity index is 576. The molecule has 2 N–H and O–H groups in total. The minimum atomic E-state index is 0.0970. The number of carbonyl (C=O) groups is 1. The molecule has 132 valence electrons. The minimum absolute atomic E-state index is 0.0970. The van der Waals surface area contributed by atoms with Gasteiger partial charge in [0.25, 0.3) is 5.91 Å². The molecule has 5 heteroatoms. The van der Waals surface area contributed by atoms with Gasteiger partial charge in [0.2, 0.25) is 0 Å². The first-order valence-corrected chi connectivity index (χ1v) is 8.93. The highest BCUT2D eigenvalue weighted by molar-refractivity contribution is 5.97. The first-order chi connectivity index (χ1) is 11.6. The summed E-state index contributed by atoms with van der Waals surface area (Å²) < 4.78 is 11.4. The number of amides is 1. The van der Waals surface area contributed by atoms with Gasteiger partial charge in [0.1, 0.15) is 5.75 Å². The molecule has 0 aliphatic carbocycles. The number of hydrogen-bond acceptors (Lipinski definition) is 4. The van der Waals surface area contributed by atoms with E-state index in [0.29, 0.717) is 36.5 Å². The maximum absolute atomic E-state index is 13.2. The largest absolute Gasteiger partial charge is 0.493 e. The standard InChI is InChI=1S/C19H28N2O3/c1-13-4-7-17(18(10-13)24-9-3-8-20)19(22)21-14-5-6-15(21)12-16(11-14)23-2/h4,7,10,14-16H,3,5-6,8-9,11-12,20H2,1-2H3/t14-,15+,16?. The van der Waals surface area contributed by atoms with Crippen molar-refractivity contribution in [3.8, 4) is 5.75 Å². The van der Waals surface area contributed by atoms with Crippen molar-refractivity contribution in [1.29, 1.82) is 0 Å². The Morgan fingerprint density at radius 2 is 2.00 bits per heavy atom. The highest BCUT2D eigenvalue weighted by Gasteiger charge is 2.44. The highest BCUT2D eigenvalue weighted by atomic mass is 16.5. The molecule has 2 fully saturated rings. The van der Waals surface area contributed by atoms with Gasteiger partial charge in [-0.05, 0) is 63.3 Å². The molecule has 2 aliphatic heterocycles. The van der Waals surface area contributed by atoms with E-state index in [0.717, 1.165) is 37.7 Å². The van der Waals surface area contributed by atoms with Crippen LogP contribution in [0.1, 0.15) is 48.0 Å². The number of fused-ring (bicyclic) bond motifs is 2. The number of aryl methyl sites for hydroxylation is 1. The minimum Gasteiger partial charge on any atom is -0.493 e. The van der Waals surface area contributed by atoms with E-state index in [1.54, 1.807) is 7.11 Å². The lowest BCUT2D eigenvalue weighted by Crippen LogP contribution is -2.48. The zero-order valence-corrected chi connectivity index (χ0v) is 14.7. The molecule has 0 radical (unpaired) electrons. The molecule has 1 aromatic rings. The van der Waals surface area contributed by atoms with Gasteiger partial charge >= 0.3 is 0 Å². The van der Waals surface area contributed by atoms with Gasteiger partial charge < -0.3 is 20.1 Å². The Morgan fingerprint density at radius 3 is 2.62 bits per heavy atom. The van der Waals surface area contributed by atoms with Gasteiger partial charge in [-0.25, -0.2) is 0 Å². The summed E-state index contributed by atoms with van der Waals surface area (Å²) in [6, 6.07) is 6.41. The average molecular weight is 332 g/mol. The van der Waals surface area contributed by atoms with Crippen LogP contribution in [0.4, 0.5) is 0 Å². The lowest BCUT2D eigenvalue weighted by Gasteiger charge is -2.38. The van der Waals surface area contributed by atoms with E-state index in [1.807, 2.05) is 25.1 Å². The van der Waals surface area contributed by atoms with Crippen LogP contribution in [0.5, 0.6) is 5.75 Å². The molecular formula is C19H28N2O3. The molecule has 0 saturated carbocycles. The molecule has 1 aromatic carbocycles. The number of nitrogens with two attached hydrogens (primary N) is 1. The fourth-order valence-electron chi connectivity index (χ4n) is 3.98. The van der Waals surface area contributed by atoms with Crippen LogP contribution in [-0.2, 0) is 4.74 Å². The Hall–Kier alpha value is -1.59. The van der Waals surface area contributed by atoms with E-state index in [2.05, 4.69) is 4.90 Å². The number of rotatable bonds is 6. The van der Waals surface area contributed by atoms with Crippen molar-refractivity contribution in [2.75, 3.05) is 20.3 Å². The summed E-state index contributed by atoms with van der Waals surface area (Å²) in [5.74, 6) is 0.779. The maximum Gasteiger partial charge on any atom is 0.258 e. The molecule has 2 saturated heterocycles. The van der Waals surface area contributed by atoms with Crippen LogP contribution < -0.4 is 10.5 Å². The average Bonchev–Trinajstić information content (AvgIpc) is 2.84. The summed E-state index contributed by atoms with van der Waals surface area (Å²) in [5, 5.41) is 0. The van der Waals surface area contributed by atoms with Gasteiger partial charge in [-0.2, -0.15) is 0 Å². The second-order valence-corrected chi connectivity index (χ2v) is 6.92. The van der Waals surface area contributed by atoms with Crippen LogP contribution in [0.2, 0.25) is 0 Å². The molecule has 0 aromatic heterocycles. The summed E-state index contributed by atoms with van der Waals surface area (Å²) in [6.45, 7) is 3.14. The molecule has 1 amide bonds. The molecule has 24 heavy (non-hydrogen) atoms. The Balaban J connectivity index is 1.80. The number of hydrogen-bond donors (Lipinski definition) is 1. The topological polar surface area (TPSA) is 64.8 Å². The summed E-state index contributed by atoms with van der Waals surface area (Å²) in [7, 11) is 1.77. The summed E-state index contributed by atoms with van der Waals surface area (Å²) in [6.07, 6.45) is 5.09. The SMILES string of the molecule is COC1C[C@H]2CC[C@@H](C1)N2C(=O)c1ccc(C)cc1OCCCN. The summed E-state index contributed by atoms with van der Waals surface area (Å²) in [4.78, 5) is 15.3. The third-order valence-electron chi connectivity index (χ3n) is 5.23. The molecule has 2 aliphatic rings. The lowest BCUT2D eigenvalue weighted by atomic mass is 9.98. The van der Waals surface area contributed by atoms with E-state index in [1.165, 1.54) is 0 Å². The van der Waals surface area contributed by atoms with E-state index in [4.69, 9.17) is 15.2 Å². The number of benzene rings is 1. The lowest BCUT2D eigenvalue weighted by molar-refractivity contribution is 0.00807. The molecule has 5 nitrogen and oxygen atoms in total. The zero-order valence-electron chi connectivity index (χ0n) is 14.7. The predicted molar refractivity (Wildman–Crippen MR) is 93.4 cm³/mol. The van der Waals surface area contributed by atoms with E-state index in [9.17, 15) is 4.79 Å². The van der Waals surface area contributed by atoms with Crippen molar-refractivity contribution in [3.05, 3.63) is 29.3 Å². The van der Waals surface area contributed by atoms with Crippen LogP contribution in [0.25, 0.3) is 0 Å². The predicted octanol–water partition coefficient (Wildman–Crippen LogP) is 2.50. The van der Waals surface area contributed by atoms with Crippen molar-refractivity contribution < 1.29 is 14.3 Å². The number of methoxy groups -OCH3 is 1.